The molecule has 28 heavy (non-hydrogen) atoms. The van der Waals surface area contributed by atoms with Crippen molar-refractivity contribution in [2.75, 3.05) is 6.54 Å². The summed E-state index contributed by atoms with van der Waals surface area (Å²) >= 11 is 0. The molecular weight excluding hydrogens is 362 g/mol. The normalized spacial score (nSPS) is 11.3. The van der Waals surface area contributed by atoms with E-state index >= 15 is 0 Å². The van der Waals surface area contributed by atoms with Gasteiger partial charge in [-0.3, -0.25) is 4.79 Å². The zero-order valence-corrected chi connectivity index (χ0v) is 16.8. The van der Waals surface area contributed by atoms with Gasteiger partial charge in [0.05, 0.1) is 0 Å². The highest BCUT2D eigenvalue weighted by Crippen LogP contribution is 2.24. The Hall–Kier alpha value is -2.83. The Bertz CT molecular complexity index is 894. The lowest BCUT2D eigenvalue weighted by Gasteiger charge is -2.19. The van der Waals surface area contributed by atoms with Crippen LogP contribution in [0, 0.1) is 0 Å². The van der Waals surface area contributed by atoms with Gasteiger partial charge < -0.3 is 19.2 Å². The summed E-state index contributed by atoms with van der Waals surface area (Å²) in [6, 6.07) is 6.51. The number of benzene rings is 1. The lowest BCUT2D eigenvalue weighted by Crippen LogP contribution is -2.33. The van der Waals surface area contributed by atoms with Gasteiger partial charge in [-0.2, -0.15) is 0 Å². The van der Waals surface area contributed by atoms with Crippen molar-refractivity contribution >= 4 is 23.0 Å². The molecule has 1 amide bonds. The van der Waals surface area contributed by atoms with E-state index in [0.717, 1.165) is 23.8 Å². The fourth-order valence-corrected chi connectivity index (χ4v) is 2.67. The molecule has 1 N–H and O–H groups in total. The molecule has 0 saturated heterocycles. The first-order valence-corrected chi connectivity index (χ1v) is 9.42. The number of hydrogen-bond acceptors (Lipinski definition) is 6. The summed E-state index contributed by atoms with van der Waals surface area (Å²) in [5.74, 6) is -0.119. The summed E-state index contributed by atoms with van der Waals surface area (Å²) in [6.45, 7) is 7.67. The number of ether oxygens (including phenoxy) is 2. The summed E-state index contributed by atoms with van der Waals surface area (Å²) < 4.78 is 15.6. The topological polar surface area (TPSA) is 94.8 Å². The molecule has 2 rings (SSSR count). The lowest BCUT2D eigenvalue weighted by molar-refractivity contribution is -0.134. The van der Waals surface area contributed by atoms with Gasteiger partial charge >= 0.3 is 17.7 Å². The maximum absolute atomic E-state index is 12.0. The van der Waals surface area contributed by atoms with Crippen molar-refractivity contribution in [2.24, 2.45) is 0 Å². The van der Waals surface area contributed by atoms with Crippen LogP contribution in [0.1, 0.15) is 52.5 Å². The Morgan fingerprint density at radius 1 is 1.18 bits per heavy atom. The third-order valence-corrected chi connectivity index (χ3v) is 3.78. The van der Waals surface area contributed by atoms with Gasteiger partial charge in [0.1, 0.15) is 16.9 Å². The molecule has 1 aromatic heterocycles. The van der Waals surface area contributed by atoms with Crippen LogP contribution >= 0.6 is 0 Å². The van der Waals surface area contributed by atoms with E-state index in [1.807, 2.05) is 6.92 Å². The SMILES string of the molecule is CCCc1cc(=O)oc2cc(OC(=O)CCCNC(=O)OC(C)(C)C)ccc12. The van der Waals surface area contributed by atoms with Gasteiger partial charge in [-0.1, -0.05) is 13.3 Å². The van der Waals surface area contributed by atoms with Crippen molar-refractivity contribution in [3.63, 3.8) is 0 Å². The number of alkyl carbamates (subject to hydrolysis) is 1. The van der Waals surface area contributed by atoms with Gasteiger partial charge in [-0.25, -0.2) is 9.59 Å². The van der Waals surface area contributed by atoms with E-state index in [2.05, 4.69) is 5.32 Å². The smallest absolute Gasteiger partial charge is 0.407 e. The second-order valence-corrected chi connectivity index (χ2v) is 7.50. The number of carbonyl (C=O) groups is 2. The number of fused-ring (bicyclic) bond motifs is 1. The predicted molar refractivity (Wildman–Crippen MR) is 106 cm³/mol. The van der Waals surface area contributed by atoms with Crippen LogP contribution in [0.15, 0.2) is 33.5 Å². The highest BCUT2D eigenvalue weighted by molar-refractivity contribution is 5.82. The first-order chi connectivity index (χ1) is 13.2. The Labute approximate surface area is 164 Å². The van der Waals surface area contributed by atoms with E-state index in [4.69, 9.17) is 13.9 Å². The fraction of sp³-hybridized carbons (Fsp3) is 0.476. The highest BCUT2D eigenvalue weighted by Gasteiger charge is 2.16. The molecule has 2 aromatic rings. The fourth-order valence-electron chi connectivity index (χ4n) is 2.67. The van der Waals surface area contributed by atoms with Crippen molar-refractivity contribution < 1.29 is 23.5 Å². The summed E-state index contributed by atoms with van der Waals surface area (Å²) in [6.07, 6.45) is 1.71. The van der Waals surface area contributed by atoms with Gasteiger partial charge in [0, 0.05) is 30.5 Å². The summed E-state index contributed by atoms with van der Waals surface area (Å²) in [4.78, 5) is 35.2. The van der Waals surface area contributed by atoms with E-state index in [-0.39, 0.29) is 6.42 Å². The van der Waals surface area contributed by atoms with Gasteiger partial charge in [0.25, 0.3) is 0 Å². The molecule has 0 radical (unpaired) electrons. The molecule has 0 atom stereocenters. The molecule has 1 aromatic carbocycles. The molecule has 0 bridgehead atoms. The second kappa shape index (κ2) is 9.39. The van der Waals surface area contributed by atoms with Gasteiger partial charge in [0.15, 0.2) is 0 Å². The molecule has 0 aliphatic rings. The molecule has 152 valence electrons. The number of amides is 1. The van der Waals surface area contributed by atoms with Crippen LogP contribution in [0.2, 0.25) is 0 Å². The quantitative estimate of drug-likeness (QED) is 0.333. The molecule has 7 nitrogen and oxygen atoms in total. The van der Waals surface area contributed by atoms with Gasteiger partial charge in [-0.05, 0) is 51.3 Å². The minimum atomic E-state index is -0.564. The molecule has 0 aliphatic carbocycles. The van der Waals surface area contributed by atoms with E-state index in [1.54, 1.807) is 39.0 Å². The van der Waals surface area contributed by atoms with Crippen LogP contribution in [0.25, 0.3) is 11.0 Å². The van der Waals surface area contributed by atoms with Crippen LogP contribution in [-0.4, -0.2) is 24.2 Å². The number of aryl methyl sites for hydroxylation is 1. The van der Waals surface area contributed by atoms with Crippen molar-refractivity contribution in [1.29, 1.82) is 0 Å². The monoisotopic (exact) mass is 389 g/mol. The van der Waals surface area contributed by atoms with Gasteiger partial charge in [-0.15, -0.1) is 0 Å². The van der Waals surface area contributed by atoms with E-state index in [1.165, 1.54) is 6.07 Å². The predicted octanol–water partition coefficient (Wildman–Crippen LogP) is 3.96. The third-order valence-electron chi connectivity index (χ3n) is 3.78. The number of hydrogen-bond donors (Lipinski definition) is 1. The Balaban J connectivity index is 1.89. The van der Waals surface area contributed by atoms with Crippen LogP contribution in [0.4, 0.5) is 4.79 Å². The maximum atomic E-state index is 12.0. The molecule has 0 saturated carbocycles. The molecular formula is C21H27NO6. The van der Waals surface area contributed by atoms with E-state index in [0.29, 0.717) is 24.3 Å². The summed E-state index contributed by atoms with van der Waals surface area (Å²) in [5, 5.41) is 3.42. The van der Waals surface area contributed by atoms with Crippen LogP contribution in [0.3, 0.4) is 0 Å². The largest absolute Gasteiger partial charge is 0.444 e. The molecule has 0 spiro atoms. The first kappa shape index (κ1) is 21.5. The number of esters is 1. The molecule has 0 aliphatic heterocycles. The Morgan fingerprint density at radius 2 is 1.93 bits per heavy atom. The number of nitrogens with one attached hydrogen (secondary N) is 1. The summed E-state index contributed by atoms with van der Waals surface area (Å²) in [5.41, 5.74) is 0.325. The molecule has 7 heteroatoms. The lowest BCUT2D eigenvalue weighted by atomic mass is 10.1. The third kappa shape index (κ3) is 6.72. The molecule has 1 heterocycles. The van der Waals surface area contributed by atoms with Crippen molar-refractivity contribution in [3.8, 4) is 5.75 Å². The van der Waals surface area contributed by atoms with E-state index < -0.39 is 23.3 Å². The maximum Gasteiger partial charge on any atom is 0.407 e. The zero-order chi connectivity index (χ0) is 20.7. The van der Waals surface area contributed by atoms with E-state index in [9.17, 15) is 14.4 Å². The minimum Gasteiger partial charge on any atom is -0.444 e. The van der Waals surface area contributed by atoms with Crippen molar-refractivity contribution in [2.45, 2.75) is 59.0 Å². The number of rotatable bonds is 7. The number of carbonyl (C=O) groups excluding carboxylic acids is 2. The highest BCUT2D eigenvalue weighted by atomic mass is 16.6. The molecule has 0 unspecified atom stereocenters. The van der Waals surface area contributed by atoms with Crippen LogP contribution in [-0.2, 0) is 16.0 Å². The average molecular weight is 389 g/mol. The Kier molecular flexibility index (Phi) is 7.20. The summed E-state index contributed by atoms with van der Waals surface area (Å²) in [7, 11) is 0. The van der Waals surface area contributed by atoms with Gasteiger partial charge in [0.2, 0.25) is 0 Å². The Morgan fingerprint density at radius 3 is 2.61 bits per heavy atom. The minimum absolute atomic E-state index is 0.133. The van der Waals surface area contributed by atoms with Crippen molar-refractivity contribution in [1.82, 2.24) is 5.32 Å². The zero-order valence-electron chi connectivity index (χ0n) is 16.8. The van der Waals surface area contributed by atoms with Crippen LogP contribution < -0.4 is 15.7 Å². The standard InChI is InChI=1S/C21H27NO6/c1-5-7-14-12-19(24)27-17-13-15(9-10-16(14)17)26-18(23)8-6-11-22-20(25)28-21(2,3)4/h9-10,12-13H,5-8,11H2,1-4H3,(H,22,25). The van der Waals surface area contributed by atoms with Crippen LogP contribution in [0.5, 0.6) is 5.75 Å². The van der Waals surface area contributed by atoms with Crippen molar-refractivity contribution in [3.05, 3.63) is 40.2 Å². The average Bonchev–Trinajstić information content (AvgIpc) is 2.57. The second-order valence-electron chi connectivity index (χ2n) is 7.50. The molecule has 0 fully saturated rings. The first-order valence-electron chi connectivity index (χ1n) is 9.42.